The predicted octanol–water partition coefficient (Wildman–Crippen LogP) is 1.66. The first-order chi connectivity index (χ1) is 7.19. The molecule has 1 rings (SSSR count). The summed E-state index contributed by atoms with van der Waals surface area (Å²) < 4.78 is 0. The van der Waals surface area contributed by atoms with Gasteiger partial charge in [-0.05, 0) is 45.7 Å². The highest BCUT2D eigenvalue weighted by atomic mass is 15.3. The van der Waals surface area contributed by atoms with Crippen molar-refractivity contribution in [3.63, 3.8) is 0 Å². The van der Waals surface area contributed by atoms with Crippen molar-refractivity contribution in [2.24, 2.45) is 5.84 Å². The standard InChI is InChI=1S/C12H25N3/c1-4-8-11(14-13)12(3,5-2)15-9-6-7-10-15/h4,11,14H,1,5-10,13H2,2-3H3. The van der Waals surface area contributed by atoms with Crippen molar-refractivity contribution in [1.29, 1.82) is 0 Å². The Morgan fingerprint density at radius 3 is 2.53 bits per heavy atom. The average Bonchev–Trinajstić information content (AvgIpc) is 2.78. The molecule has 1 aliphatic heterocycles. The van der Waals surface area contributed by atoms with E-state index in [1.54, 1.807) is 0 Å². The molecule has 0 bridgehead atoms. The third kappa shape index (κ3) is 2.60. The van der Waals surface area contributed by atoms with Crippen LogP contribution < -0.4 is 11.3 Å². The molecule has 3 heteroatoms. The van der Waals surface area contributed by atoms with E-state index in [1.165, 1.54) is 25.9 Å². The molecule has 0 radical (unpaired) electrons. The maximum absolute atomic E-state index is 5.66. The van der Waals surface area contributed by atoms with Gasteiger partial charge >= 0.3 is 0 Å². The first-order valence-corrected chi connectivity index (χ1v) is 6.01. The second-order valence-electron chi connectivity index (χ2n) is 4.65. The van der Waals surface area contributed by atoms with Gasteiger partial charge in [-0.15, -0.1) is 6.58 Å². The summed E-state index contributed by atoms with van der Waals surface area (Å²) in [6, 6.07) is 0.304. The summed E-state index contributed by atoms with van der Waals surface area (Å²) in [6.07, 6.45) is 6.64. The topological polar surface area (TPSA) is 41.3 Å². The Bertz CT molecular complexity index is 199. The Kier molecular flexibility index (Phi) is 4.77. The van der Waals surface area contributed by atoms with Gasteiger partial charge < -0.3 is 0 Å². The lowest BCUT2D eigenvalue weighted by molar-refractivity contribution is 0.0852. The van der Waals surface area contributed by atoms with E-state index in [2.05, 4.69) is 30.8 Å². The van der Waals surface area contributed by atoms with Gasteiger partial charge in [0.1, 0.15) is 0 Å². The van der Waals surface area contributed by atoms with Crippen molar-refractivity contribution in [3.05, 3.63) is 12.7 Å². The minimum atomic E-state index is 0.166. The highest BCUT2D eigenvalue weighted by Crippen LogP contribution is 2.29. The van der Waals surface area contributed by atoms with Crippen molar-refractivity contribution >= 4 is 0 Å². The summed E-state index contributed by atoms with van der Waals surface area (Å²) in [5.74, 6) is 5.66. The van der Waals surface area contributed by atoms with Crippen molar-refractivity contribution in [2.45, 2.75) is 51.1 Å². The molecule has 2 atom stereocenters. The molecule has 3 N–H and O–H groups in total. The molecule has 0 spiro atoms. The van der Waals surface area contributed by atoms with Crippen LogP contribution in [0.5, 0.6) is 0 Å². The fraction of sp³-hybridized carbons (Fsp3) is 0.833. The smallest absolute Gasteiger partial charge is 0.0426 e. The van der Waals surface area contributed by atoms with Crippen LogP contribution >= 0.6 is 0 Å². The van der Waals surface area contributed by atoms with Crippen LogP contribution in [0.15, 0.2) is 12.7 Å². The zero-order valence-corrected chi connectivity index (χ0v) is 10.1. The zero-order chi connectivity index (χ0) is 11.3. The highest BCUT2D eigenvalue weighted by Gasteiger charge is 2.38. The van der Waals surface area contributed by atoms with Crippen LogP contribution in [0.25, 0.3) is 0 Å². The lowest BCUT2D eigenvalue weighted by Gasteiger charge is -2.44. The molecule has 1 fully saturated rings. The fourth-order valence-electron chi connectivity index (χ4n) is 2.59. The van der Waals surface area contributed by atoms with E-state index in [0.29, 0.717) is 6.04 Å². The van der Waals surface area contributed by atoms with E-state index < -0.39 is 0 Å². The summed E-state index contributed by atoms with van der Waals surface area (Å²) in [5, 5.41) is 0. The number of hydrazine groups is 1. The number of hydrogen-bond donors (Lipinski definition) is 2. The van der Waals surface area contributed by atoms with E-state index in [4.69, 9.17) is 5.84 Å². The molecular formula is C12H25N3. The lowest BCUT2D eigenvalue weighted by atomic mass is 9.86. The van der Waals surface area contributed by atoms with Crippen LogP contribution in [0.1, 0.15) is 39.5 Å². The summed E-state index contributed by atoms with van der Waals surface area (Å²) in [6.45, 7) is 10.8. The average molecular weight is 211 g/mol. The molecule has 1 aliphatic rings. The fourth-order valence-corrected chi connectivity index (χ4v) is 2.59. The molecular weight excluding hydrogens is 186 g/mol. The third-order valence-electron chi connectivity index (χ3n) is 3.90. The Morgan fingerprint density at radius 2 is 2.13 bits per heavy atom. The van der Waals surface area contributed by atoms with Crippen molar-refractivity contribution < 1.29 is 0 Å². The molecule has 0 aromatic carbocycles. The van der Waals surface area contributed by atoms with E-state index in [-0.39, 0.29) is 5.54 Å². The molecule has 88 valence electrons. The minimum absolute atomic E-state index is 0.166. The van der Waals surface area contributed by atoms with Crippen LogP contribution in [0.4, 0.5) is 0 Å². The first-order valence-electron chi connectivity index (χ1n) is 6.01. The molecule has 1 heterocycles. The first kappa shape index (κ1) is 12.7. The van der Waals surface area contributed by atoms with Gasteiger partial charge in [0, 0.05) is 11.6 Å². The van der Waals surface area contributed by atoms with Gasteiger partial charge in [-0.25, -0.2) is 0 Å². The molecule has 0 aliphatic carbocycles. The summed E-state index contributed by atoms with van der Waals surface area (Å²) in [4.78, 5) is 2.57. The van der Waals surface area contributed by atoms with E-state index in [1.807, 2.05) is 6.08 Å². The van der Waals surface area contributed by atoms with Crippen molar-refractivity contribution in [1.82, 2.24) is 10.3 Å². The predicted molar refractivity (Wildman–Crippen MR) is 65.4 cm³/mol. The molecule has 3 nitrogen and oxygen atoms in total. The Hall–Kier alpha value is -0.380. The molecule has 0 aromatic rings. The molecule has 2 unspecified atom stereocenters. The van der Waals surface area contributed by atoms with Gasteiger partial charge in [0.15, 0.2) is 0 Å². The quantitative estimate of drug-likeness (QED) is 0.399. The molecule has 15 heavy (non-hydrogen) atoms. The Balaban J connectivity index is 2.74. The second-order valence-corrected chi connectivity index (χ2v) is 4.65. The van der Waals surface area contributed by atoms with Gasteiger partial charge in [-0.3, -0.25) is 16.2 Å². The summed E-state index contributed by atoms with van der Waals surface area (Å²) in [7, 11) is 0. The number of nitrogens with one attached hydrogen (secondary N) is 1. The van der Waals surface area contributed by atoms with Gasteiger partial charge in [0.05, 0.1) is 0 Å². The monoisotopic (exact) mass is 211 g/mol. The number of hydrogen-bond acceptors (Lipinski definition) is 3. The molecule has 0 amide bonds. The van der Waals surface area contributed by atoms with Crippen LogP contribution in [0.3, 0.4) is 0 Å². The molecule has 0 saturated carbocycles. The van der Waals surface area contributed by atoms with Gasteiger partial charge in [-0.1, -0.05) is 13.0 Å². The van der Waals surface area contributed by atoms with E-state index >= 15 is 0 Å². The largest absolute Gasteiger partial charge is 0.296 e. The number of nitrogens with zero attached hydrogens (tertiary/aromatic N) is 1. The zero-order valence-electron chi connectivity index (χ0n) is 10.1. The maximum atomic E-state index is 5.66. The van der Waals surface area contributed by atoms with Crippen molar-refractivity contribution in [2.75, 3.05) is 13.1 Å². The minimum Gasteiger partial charge on any atom is -0.296 e. The van der Waals surface area contributed by atoms with Crippen LogP contribution in [0, 0.1) is 0 Å². The highest BCUT2D eigenvalue weighted by molar-refractivity contribution is 4.99. The second kappa shape index (κ2) is 5.64. The van der Waals surface area contributed by atoms with Gasteiger partial charge in [0.2, 0.25) is 0 Å². The van der Waals surface area contributed by atoms with Crippen molar-refractivity contribution in [3.8, 4) is 0 Å². The van der Waals surface area contributed by atoms with E-state index in [9.17, 15) is 0 Å². The summed E-state index contributed by atoms with van der Waals surface area (Å²) >= 11 is 0. The number of rotatable bonds is 6. The maximum Gasteiger partial charge on any atom is 0.0426 e. The summed E-state index contributed by atoms with van der Waals surface area (Å²) in [5.41, 5.74) is 3.12. The molecule has 0 aromatic heterocycles. The SMILES string of the molecule is C=CCC(NN)C(C)(CC)N1CCCC1. The normalized spacial score (nSPS) is 23.7. The third-order valence-corrected chi connectivity index (χ3v) is 3.90. The van der Waals surface area contributed by atoms with Crippen LogP contribution in [0.2, 0.25) is 0 Å². The van der Waals surface area contributed by atoms with Gasteiger partial charge in [-0.2, -0.15) is 0 Å². The number of likely N-dealkylation sites (tertiary alicyclic amines) is 1. The van der Waals surface area contributed by atoms with Crippen LogP contribution in [-0.2, 0) is 0 Å². The van der Waals surface area contributed by atoms with Crippen LogP contribution in [-0.4, -0.2) is 29.6 Å². The van der Waals surface area contributed by atoms with E-state index in [0.717, 1.165) is 12.8 Å². The Morgan fingerprint density at radius 1 is 1.53 bits per heavy atom. The van der Waals surface area contributed by atoms with Gasteiger partial charge in [0.25, 0.3) is 0 Å². The molecule has 1 saturated heterocycles. The number of nitrogens with two attached hydrogens (primary N) is 1. The lowest BCUT2D eigenvalue weighted by Crippen LogP contribution is -2.59. The Labute approximate surface area is 93.7 Å².